The minimum atomic E-state index is 0.704. The minimum absolute atomic E-state index is 0.704. The zero-order valence-corrected chi connectivity index (χ0v) is 6.25. The van der Waals surface area contributed by atoms with Gasteiger partial charge in [0.15, 0.2) is 0 Å². The van der Waals surface area contributed by atoms with Crippen LogP contribution in [0.15, 0.2) is 0 Å². The van der Waals surface area contributed by atoms with E-state index in [1.165, 1.54) is 25.7 Å². The smallest absolute Gasteiger partial charge is 0.0840 e. The summed E-state index contributed by atoms with van der Waals surface area (Å²) in [5, 5.41) is 0. The van der Waals surface area contributed by atoms with Crippen molar-refractivity contribution in [3.05, 3.63) is 0 Å². The molecule has 0 aromatic carbocycles. The standard InChI is InChI=1S/C9H14O/c1-2-7-3-6(1)4-8(7)9-5-10-9/h6-9H,1-5H2/t6-,7-,8-,9-/m1/s1. The number of epoxide rings is 1. The SMILES string of the molecule is C1C[C@@H]2C[C@@H]1C[C@H]2[C@H]1CO1. The Morgan fingerprint density at radius 3 is 2.50 bits per heavy atom. The molecule has 3 fully saturated rings. The van der Waals surface area contributed by atoms with E-state index in [0.717, 1.165) is 24.4 Å². The van der Waals surface area contributed by atoms with Crippen molar-refractivity contribution in [3.8, 4) is 0 Å². The summed E-state index contributed by atoms with van der Waals surface area (Å²) in [5.41, 5.74) is 0. The van der Waals surface area contributed by atoms with Gasteiger partial charge in [0.05, 0.1) is 12.7 Å². The molecule has 1 saturated heterocycles. The predicted molar refractivity (Wildman–Crippen MR) is 38.7 cm³/mol. The fourth-order valence-electron chi connectivity index (χ4n) is 3.05. The summed E-state index contributed by atoms with van der Waals surface area (Å²) in [7, 11) is 0. The summed E-state index contributed by atoms with van der Waals surface area (Å²) in [4.78, 5) is 0. The molecule has 0 radical (unpaired) electrons. The van der Waals surface area contributed by atoms with E-state index in [-0.39, 0.29) is 0 Å². The largest absolute Gasteiger partial charge is 0.373 e. The highest BCUT2D eigenvalue weighted by Gasteiger charge is 2.47. The number of hydrogen-bond acceptors (Lipinski definition) is 1. The van der Waals surface area contributed by atoms with Gasteiger partial charge >= 0.3 is 0 Å². The van der Waals surface area contributed by atoms with E-state index >= 15 is 0 Å². The van der Waals surface area contributed by atoms with Gasteiger partial charge in [0, 0.05) is 0 Å². The van der Waals surface area contributed by atoms with Crippen LogP contribution in [0.5, 0.6) is 0 Å². The van der Waals surface area contributed by atoms with Crippen LogP contribution >= 0.6 is 0 Å². The number of ether oxygens (including phenoxy) is 1. The van der Waals surface area contributed by atoms with Gasteiger partial charge < -0.3 is 4.74 Å². The van der Waals surface area contributed by atoms with Crippen LogP contribution in [-0.2, 0) is 4.74 Å². The van der Waals surface area contributed by atoms with Crippen molar-refractivity contribution in [1.29, 1.82) is 0 Å². The second-order valence-corrected chi connectivity index (χ2v) is 4.21. The molecule has 0 unspecified atom stereocenters. The number of fused-ring (bicyclic) bond motifs is 2. The van der Waals surface area contributed by atoms with E-state index in [2.05, 4.69) is 0 Å². The Hall–Kier alpha value is -0.0400. The van der Waals surface area contributed by atoms with Crippen molar-refractivity contribution < 1.29 is 4.74 Å². The Labute approximate surface area is 61.8 Å². The van der Waals surface area contributed by atoms with Gasteiger partial charge in [0.1, 0.15) is 0 Å². The molecular weight excluding hydrogens is 124 g/mol. The molecule has 3 rings (SSSR count). The maximum atomic E-state index is 5.35. The molecule has 1 heterocycles. The van der Waals surface area contributed by atoms with Crippen LogP contribution in [0.1, 0.15) is 25.7 Å². The van der Waals surface area contributed by atoms with Gasteiger partial charge in [-0.1, -0.05) is 6.42 Å². The zero-order valence-electron chi connectivity index (χ0n) is 6.25. The molecule has 0 amide bonds. The highest BCUT2D eigenvalue weighted by molar-refractivity contribution is 4.96. The van der Waals surface area contributed by atoms with Crippen molar-refractivity contribution in [2.75, 3.05) is 6.61 Å². The topological polar surface area (TPSA) is 12.5 Å². The first kappa shape index (κ1) is 5.59. The first-order valence-corrected chi connectivity index (χ1v) is 4.55. The summed E-state index contributed by atoms with van der Waals surface area (Å²) in [6, 6.07) is 0. The van der Waals surface area contributed by atoms with Crippen LogP contribution in [0.2, 0.25) is 0 Å². The lowest BCUT2D eigenvalue weighted by molar-refractivity contribution is 0.249. The van der Waals surface area contributed by atoms with E-state index in [9.17, 15) is 0 Å². The summed E-state index contributed by atoms with van der Waals surface area (Å²) < 4.78 is 5.35. The predicted octanol–water partition coefficient (Wildman–Crippen LogP) is 1.82. The summed E-state index contributed by atoms with van der Waals surface area (Å²) in [5.74, 6) is 3.15. The molecule has 0 N–H and O–H groups in total. The van der Waals surface area contributed by atoms with Crippen molar-refractivity contribution >= 4 is 0 Å². The van der Waals surface area contributed by atoms with Crippen molar-refractivity contribution in [3.63, 3.8) is 0 Å². The van der Waals surface area contributed by atoms with Crippen LogP contribution < -0.4 is 0 Å². The maximum Gasteiger partial charge on any atom is 0.0840 e. The molecular formula is C9H14O. The van der Waals surface area contributed by atoms with Gasteiger partial charge in [-0.2, -0.15) is 0 Å². The van der Waals surface area contributed by atoms with Gasteiger partial charge in [0.25, 0.3) is 0 Å². The molecule has 0 aromatic rings. The number of rotatable bonds is 1. The normalized spacial score (nSPS) is 57.6. The van der Waals surface area contributed by atoms with E-state index in [1.54, 1.807) is 0 Å². The lowest BCUT2D eigenvalue weighted by atomic mass is 9.87. The van der Waals surface area contributed by atoms with Gasteiger partial charge in [-0.3, -0.25) is 0 Å². The lowest BCUT2D eigenvalue weighted by Crippen LogP contribution is -2.15. The Morgan fingerprint density at radius 1 is 1.10 bits per heavy atom. The van der Waals surface area contributed by atoms with Gasteiger partial charge in [-0.05, 0) is 37.0 Å². The van der Waals surface area contributed by atoms with Crippen LogP contribution in [0.25, 0.3) is 0 Å². The maximum absolute atomic E-state index is 5.35. The molecule has 1 nitrogen and oxygen atoms in total. The Kier molecular flexibility index (Phi) is 0.984. The molecule has 10 heavy (non-hydrogen) atoms. The zero-order chi connectivity index (χ0) is 6.55. The second-order valence-electron chi connectivity index (χ2n) is 4.21. The average molecular weight is 138 g/mol. The van der Waals surface area contributed by atoms with Crippen LogP contribution in [-0.4, -0.2) is 12.7 Å². The van der Waals surface area contributed by atoms with E-state index < -0.39 is 0 Å². The highest BCUT2D eigenvalue weighted by atomic mass is 16.6. The summed E-state index contributed by atoms with van der Waals surface area (Å²) in [6.45, 7) is 1.08. The molecule has 2 aliphatic carbocycles. The Morgan fingerprint density at radius 2 is 2.00 bits per heavy atom. The van der Waals surface area contributed by atoms with Crippen molar-refractivity contribution in [2.24, 2.45) is 17.8 Å². The Bertz CT molecular complexity index is 151. The molecule has 1 aliphatic heterocycles. The quantitative estimate of drug-likeness (QED) is 0.503. The van der Waals surface area contributed by atoms with Gasteiger partial charge in [-0.15, -0.1) is 0 Å². The van der Waals surface area contributed by atoms with Crippen LogP contribution in [0, 0.1) is 17.8 Å². The first-order valence-electron chi connectivity index (χ1n) is 4.55. The van der Waals surface area contributed by atoms with E-state index in [4.69, 9.17) is 4.74 Å². The Balaban J connectivity index is 1.77. The van der Waals surface area contributed by atoms with Crippen molar-refractivity contribution in [1.82, 2.24) is 0 Å². The first-order chi connectivity index (χ1) is 4.93. The van der Waals surface area contributed by atoms with Crippen LogP contribution in [0.3, 0.4) is 0 Å². The second kappa shape index (κ2) is 1.76. The molecule has 1 heteroatoms. The van der Waals surface area contributed by atoms with Crippen molar-refractivity contribution in [2.45, 2.75) is 31.8 Å². The molecule has 2 saturated carbocycles. The van der Waals surface area contributed by atoms with E-state index in [0.29, 0.717) is 6.10 Å². The third kappa shape index (κ3) is 0.672. The lowest BCUT2D eigenvalue weighted by Gasteiger charge is -2.18. The van der Waals surface area contributed by atoms with E-state index in [1.807, 2.05) is 0 Å². The fourth-order valence-corrected chi connectivity index (χ4v) is 3.05. The summed E-state index contributed by atoms with van der Waals surface area (Å²) in [6.07, 6.45) is 6.76. The molecule has 56 valence electrons. The number of hydrogen-bond donors (Lipinski definition) is 0. The van der Waals surface area contributed by atoms with Crippen LogP contribution in [0.4, 0.5) is 0 Å². The third-order valence-corrected chi connectivity index (χ3v) is 3.63. The molecule has 4 atom stereocenters. The molecule has 0 aromatic heterocycles. The monoisotopic (exact) mass is 138 g/mol. The average Bonchev–Trinajstić information content (AvgIpc) is 2.60. The summed E-state index contributed by atoms with van der Waals surface area (Å²) >= 11 is 0. The third-order valence-electron chi connectivity index (χ3n) is 3.63. The highest BCUT2D eigenvalue weighted by Crippen LogP contribution is 2.51. The van der Waals surface area contributed by atoms with Gasteiger partial charge in [0.2, 0.25) is 0 Å². The fraction of sp³-hybridized carbons (Fsp3) is 1.00. The molecule has 2 bridgehead atoms. The minimum Gasteiger partial charge on any atom is -0.373 e. The molecule has 0 spiro atoms. The van der Waals surface area contributed by atoms with Gasteiger partial charge in [-0.25, -0.2) is 0 Å². The molecule has 3 aliphatic rings.